The average molecular weight is 516 g/mol. The van der Waals surface area contributed by atoms with Crippen LogP contribution in [0.1, 0.15) is 58.5 Å². The summed E-state index contributed by atoms with van der Waals surface area (Å²) in [6.45, 7) is 9.42. The van der Waals surface area contributed by atoms with Crippen LogP contribution in [0, 0.1) is 12.3 Å². The zero-order valence-electron chi connectivity index (χ0n) is 21.4. The summed E-state index contributed by atoms with van der Waals surface area (Å²) in [6.07, 6.45) is 8.99. The monoisotopic (exact) mass is 515 g/mol. The zero-order valence-corrected chi connectivity index (χ0v) is 22.1. The molecule has 2 amide bonds. The van der Waals surface area contributed by atoms with E-state index in [0.29, 0.717) is 16.1 Å². The van der Waals surface area contributed by atoms with E-state index in [4.69, 9.17) is 11.6 Å². The Morgan fingerprint density at radius 1 is 0.973 bits per heavy atom. The summed E-state index contributed by atoms with van der Waals surface area (Å²) in [5.74, 6) is 0.0466. The van der Waals surface area contributed by atoms with Gasteiger partial charge in [0.15, 0.2) is 0 Å². The molecule has 7 nitrogen and oxygen atoms in total. The molecule has 2 saturated heterocycles. The molecule has 0 unspecified atom stereocenters. The van der Waals surface area contributed by atoms with E-state index in [2.05, 4.69) is 20.9 Å². The predicted octanol–water partition coefficient (Wildman–Crippen LogP) is 5.08. The highest BCUT2D eigenvalue weighted by atomic mass is 35.5. The molecule has 0 saturated carbocycles. The summed E-state index contributed by atoms with van der Waals surface area (Å²) in [7, 11) is 0. The summed E-state index contributed by atoms with van der Waals surface area (Å²) < 4.78 is 0. The fourth-order valence-corrected chi connectivity index (χ4v) is 6.33. The minimum absolute atomic E-state index is 0.0309. The van der Waals surface area contributed by atoms with E-state index >= 15 is 0 Å². The highest BCUT2D eigenvalue weighted by Crippen LogP contribution is 2.46. The van der Waals surface area contributed by atoms with Crippen molar-refractivity contribution in [1.29, 1.82) is 0 Å². The van der Waals surface area contributed by atoms with E-state index < -0.39 is 5.54 Å². The summed E-state index contributed by atoms with van der Waals surface area (Å²) in [6, 6.07) is 9.41. The number of aromatic nitrogens is 2. The standard InChI is InChI=1S/C29H30ClN5O2/c1-19-6-9-31-16-24(19)26(36)33-10-7-29(8-11-33)17-34(18-29)21-13-22(15-32-14-21)35-27(37)23-5-4-20(30)12-25(23)28(35,2)3/h4-6,9,12-16H,7-8,10-11,17-18H2,1-3H3. The van der Waals surface area contributed by atoms with E-state index in [1.807, 2.05) is 55.0 Å². The Labute approximate surface area is 222 Å². The number of carbonyl (C=O) groups excluding carboxylic acids is 2. The summed E-state index contributed by atoms with van der Waals surface area (Å²) in [4.78, 5) is 41.1. The minimum Gasteiger partial charge on any atom is -0.369 e. The number of hydrogen-bond donors (Lipinski definition) is 0. The fraction of sp³-hybridized carbons (Fsp3) is 0.379. The number of fused-ring (bicyclic) bond motifs is 1. The van der Waals surface area contributed by atoms with E-state index in [9.17, 15) is 9.59 Å². The number of benzene rings is 1. The van der Waals surface area contributed by atoms with Crippen LogP contribution in [0.5, 0.6) is 0 Å². The van der Waals surface area contributed by atoms with Gasteiger partial charge in [0.05, 0.1) is 34.9 Å². The second kappa shape index (κ2) is 8.55. The van der Waals surface area contributed by atoms with Gasteiger partial charge in [0.1, 0.15) is 0 Å². The van der Waals surface area contributed by atoms with Crippen LogP contribution in [0.2, 0.25) is 5.02 Å². The Morgan fingerprint density at radius 3 is 2.43 bits per heavy atom. The SMILES string of the molecule is Cc1ccncc1C(=O)N1CCC2(CC1)CN(c1cncc(N3C(=O)c4ccc(Cl)cc4C3(C)C)c1)C2. The lowest BCUT2D eigenvalue weighted by molar-refractivity contribution is 0.0501. The van der Waals surface area contributed by atoms with Crippen LogP contribution in [-0.4, -0.2) is 52.9 Å². The maximum Gasteiger partial charge on any atom is 0.259 e. The molecule has 190 valence electrons. The molecule has 8 heteroatoms. The maximum atomic E-state index is 13.3. The molecule has 37 heavy (non-hydrogen) atoms. The van der Waals surface area contributed by atoms with E-state index in [0.717, 1.165) is 61.5 Å². The molecule has 0 bridgehead atoms. The molecule has 0 N–H and O–H groups in total. The summed E-state index contributed by atoms with van der Waals surface area (Å²) in [5, 5.41) is 0.627. The van der Waals surface area contributed by atoms with E-state index in [-0.39, 0.29) is 17.2 Å². The smallest absolute Gasteiger partial charge is 0.259 e. The van der Waals surface area contributed by atoms with Gasteiger partial charge in [-0.1, -0.05) is 11.6 Å². The fourth-order valence-electron chi connectivity index (χ4n) is 6.16. The van der Waals surface area contributed by atoms with Gasteiger partial charge in [0.2, 0.25) is 0 Å². The van der Waals surface area contributed by atoms with Crippen molar-refractivity contribution in [3.05, 3.63) is 82.4 Å². The van der Waals surface area contributed by atoms with Gasteiger partial charge in [0.25, 0.3) is 11.8 Å². The van der Waals surface area contributed by atoms with Crippen LogP contribution in [0.3, 0.4) is 0 Å². The molecule has 2 aromatic heterocycles. The van der Waals surface area contributed by atoms with Crippen LogP contribution in [-0.2, 0) is 5.54 Å². The molecule has 0 atom stereocenters. The lowest BCUT2D eigenvalue weighted by Gasteiger charge is -2.55. The number of halogens is 1. The first-order valence-corrected chi connectivity index (χ1v) is 13.1. The van der Waals surface area contributed by atoms with Gasteiger partial charge >= 0.3 is 0 Å². The number of aryl methyl sites for hydroxylation is 1. The number of amides is 2. The van der Waals surface area contributed by atoms with E-state index in [1.165, 1.54) is 0 Å². The van der Waals surface area contributed by atoms with Crippen molar-refractivity contribution in [2.45, 2.75) is 39.2 Å². The number of nitrogens with zero attached hydrogens (tertiary/aromatic N) is 5. The first-order valence-electron chi connectivity index (χ1n) is 12.7. The van der Waals surface area contributed by atoms with Gasteiger partial charge < -0.3 is 9.80 Å². The van der Waals surface area contributed by atoms with Crippen LogP contribution >= 0.6 is 11.6 Å². The topological polar surface area (TPSA) is 69.6 Å². The Bertz CT molecular complexity index is 1400. The molecule has 1 aromatic carbocycles. The molecule has 0 radical (unpaired) electrons. The second-order valence-corrected chi connectivity index (χ2v) is 11.6. The van der Waals surface area contributed by atoms with Gasteiger partial charge in [-0.05, 0) is 75.1 Å². The first kappa shape index (κ1) is 23.9. The number of hydrogen-bond acceptors (Lipinski definition) is 5. The third kappa shape index (κ3) is 3.87. The Morgan fingerprint density at radius 2 is 1.70 bits per heavy atom. The van der Waals surface area contributed by atoms with Crippen molar-refractivity contribution >= 4 is 34.8 Å². The van der Waals surface area contributed by atoms with Crippen molar-refractivity contribution in [2.24, 2.45) is 5.41 Å². The molecule has 0 aliphatic carbocycles. The number of anilines is 2. The summed E-state index contributed by atoms with van der Waals surface area (Å²) >= 11 is 6.25. The molecular formula is C29H30ClN5O2. The first-order chi connectivity index (χ1) is 17.7. The van der Waals surface area contributed by atoms with Gasteiger partial charge in [-0.2, -0.15) is 0 Å². The lowest BCUT2D eigenvalue weighted by atomic mass is 9.71. The molecule has 5 heterocycles. The third-order valence-corrected chi connectivity index (χ3v) is 8.63. The summed E-state index contributed by atoms with van der Waals surface area (Å²) in [5.41, 5.74) is 4.77. The number of likely N-dealkylation sites (tertiary alicyclic amines) is 1. The molecule has 1 spiro atoms. The number of carbonyl (C=O) groups is 2. The number of pyridine rings is 2. The predicted molar refractivity (Wildman–Crippen MR) is 144 cm³/mol. The molecule has 3 aliphatic heterocycles. The molecule has 6 rings (SSSR count). The molecule has 3 aliphatic rings. The van der Waals surface area contributed by atoms with Crippen LogP contribution < -0.4 is 9.80 Å². The zero-order chi connectivity index (χ0) is 25.9. The highest BCUT2D eigenvalue weighted by Gasteiger charge is 2.47. The Hall–Kier alpha value is -3.45. The highest BCUT2D eigenvalue weighted by molar-refractivity contribution is 6.31. The van der Waals surface area contributed by atoms with Crippen molar-refractivity contribution < 1.29 is 9.59 Å². The van der Waals surface area contributed by atoms with Gasteiger partial charge in [0, 0.05) is 54.6 Å². The van der Waals surface area contributed by atoms with Crippen molar-refractivity contribution in [3.63, 3.8) is 0 Å². The van der Waals surface area contributed by atoms with Gasteiger partial charge in [-0.25, -0.2) is 0 Å². The van der Waals surface area contributed by atoms with Crippen LogP contribution in [0.15, 0.2) is 55.1 Å². The molecule has 3 aromatic rings. The second-order valence-electron chi connectivity index (χ2n) is 11.1. The quantitative estimate of drug-likeness (QED) is 0.486. The maximum absolute atomic E-state index is 13.3. The average Bonchev–Trinajstić information content (AvgIpc) is 3.07. The van der Waals surface area contributed by atoms with Gasteiger partial charge in [-0.15, -0.1) is 0 Å². The molecular weight excluding hydrogens is 486 g/mol. The van der Waals surface area contributed by atoms with Crippen molar-refractivity contribution in [2.75, 3.05) is 36.0 Å². The Kier molecular flexibility index (Phi) is 5.53. The van der Waals surface area contributed by atoms with Crippen molar-refractivity contribution in [1.82, 2.24) is 14.9 Å². The minimum atomic E-state index is -0.528. The van der Waals surface area contributed by atoms with Crippen LogP contribution in [0.25, 0.3) is 0 Å². The normalized spacial score (nSPS) is 19.7. The largest absolute Gasteiger partial charge is 0.369 e. The number of piperidine rings is 1. The van der Waals surface area contributed by atoms with Crippen molar-refractivity contribution in [3.8, 4) is 0 Å². The van der Waals surface area contributed by atoms with E-state index in [1.54, 1.807) is 24.7 Å². The molecule has 2 fully saturated rings. The lowest BCUT2D eigenvalue weighted by Crippen LogP contribution is -2.61. The number of rotatable bonds is 3. The third-order valence-electron chi connectivity index (χ3n) is 8.40. The Balaban J connectivity index is 1.14. The van der Waals surface area contributed by atoms with Crippen LogP contribution in [0.4, 0.5) is 11.4 Å². The van der Waals surface area contributed by atoms with Gasteiger partial charge in [-0.3, -0.25) is 24.5 Å².